The fourth-order valence-electron chi connectivity index (χ4n) is 2.78. The van der Waals surface area contributed by atoms with Gasteiger partial charge in [-0.1, -0.05) is 0 Å². The van der Waals surface area contributed by atoms with Crippen LogP contribution in [0.1, 0.15) is 44.0 Å². The molecule has 0 bridgehead atoms. The second kappa shape index (κ2) is 7.77. The number of methoxy groups -OCH3 is 1. The molecule has 0 unspecified atom stereocenters. The summed E-state index contributed by atoms with van der Waals surface area (Å²) in [5.74, 6) is -0.949. The minimum Gasteiger partial charge on any atom is -0.465 e. The van der Waals surface area contributed by atoms with Crippen molar-refractivity contribution in [2.45, 2.75) is 12.8 Å². The number of pyridine rings is 1. The van der Waals surface area contributed by atoms with Gasteiger partial charge in [-0.3, -0.25) is 14.6 Å². The Morgan fingerprint density at radius 3 is 2.38 bits per heavy atom. The molecule has 7 heteroatoms. The maximum atomic E-state index is 12.4. The summed E-state index contributed by atoms with van der Waals surface area (Å²) >= 11 is 0. The normalized spacial score (nSPS) is 13.3. The van der Waals surface area contributed by atoms with Gasteiger partial charge in [0.25, 0.3) is 11.8 Å². The zero-order valence-electron chi connectivity index (χ0n) is 14.4. The van der Waals surface area contributed by atoms with E-state index in [2.05, 4.69) is 15.0 Å². The van der Waals surface area contributed by atoms with Crippen LogP contribution in [0.2, 0.25) is 0 Å². The molecule has 0 aliphatic carbocycles. The zero-order chi connectivity index (χ0) is 18.5. The molecular formula is C19H19N3O4. The molecule has 1 fully saturated rings. The smallest absolute Gasteiger partial charge is 0.337 e. The van der Waals surface area contributed by atoms with Crippen LogP contribution in [0.4, 0.5) is 5.69 Å². The quantitative estimate of drug-likeness (QED) is 0.853. The average molecular weight is 353 g/mol. The largest absolute Gasteiger partial charge is 0.465 e. The maximum absolute atomic E-state index is 12.4. The molecule has 1 aromatic heterocycles. The number of carbonyl (C=O) groups is 3. The fourth-order valence-corrected chi connectivity index (χ4v) is 2.78. The Kier molecular flexibility index (Phi) is 5.26. The van der Waals surface area contributed by atoms with E-state index < -0.39 is 5.97 Å². The van der Waals surface area contributed by atoms with E-state index >= 15 is 0 Å². The van der Waals surface area contributed by atoms with E-state index in [9.17, 15) is 14.4 Å². The Morgan fingerprint density at radius 2 is 1.73 bits per heavy atom. The van der Waals surface area contributed by atoms with Crippen molar-refractivity contribution in [2.24, 2.45) is 0 Å². The SMILES string of the molecule is COC(=O)c1ccc(NC(=O)c2ccnc(C(=O)N3CCCC3)c2)cc1. The number of esters is 1. The molecule has 26 heavy (non-hydrogen) atoms. The lowest BCUT2D eigenvalue weighted by molar-refractivity contribution is 0.0600. The van der Waals surface area contributed by atoms with E-state index in [0.717, 1.165) is 25.9 Å². The van der Waals surface area contributed by atoms with Gasteiger partial charge in [0, 0.05) is 30.5 Å². The van der Waals surface area contributed by atoms with Gasteiger partial charge in [0.05, 0.1) is 12.7 Å². The molecule has 0 radical (unpaired) electrons. The molecule has 7 nitrogen and oxygen atoms in total. The number of aromatic nitrogens is 1. The number of carbonyl (C=O) groups excluding carboxylic acids is 3. The summed E-state index contributed by atoms with van der Waals surface area (Å²) in [6, 6.07) is 9.41. The van der Waals surface area contributed by atoms with E-state index in [-0.39, 0.29) is 17.5 Å². The highest BCUT2D eigenvalue weighted by Gasteiger charge is 2.21. The third kappa shape index (κ3) is 3.88. The first-order chi connectivity index (χ1) is 12.6. The average Bonchev–Trinajstić information content (AvgIpc) is 3.22. The monoisotopic (exact) mass is 353 g/mol. The minimum absolute atomic E-state index is 0.153. The minimum atomic E-state index is -0.443. The summed E-state index contributed by atoms with van der Waals surface area (Å²) in [5.41, 5.74) is 1.54. The summed E-state index contributed by atoms with van der Waals surface area (Å²) < 4.78 is 4.64. The number of amides is 2. The van der Waals surface area contributed by atoms with Crippen molar-refractivity contribution in [3.8, 4) is 0 Å². The van der Waals surface area contributed by atoms with Gasteiger partial charge in [0.15, 0.2) is 0 Å². The first kappa shape index (κ1) is 17.6. The van der Waals surface area contributed by atoms with Crippen LogP contribution in [0.25, 0.3) is 0 Å². The first-order valence-corrected chi connectivity index (χ1v) is 8.33. The Labute approximate surface area is 151 Å². The van der Waals surface area contributed by atoms with Crippen LogP contribution in [0.5, 0.6) is 0 Å². The maximum Gasteiger partial charge on any atom is 0.337 e. The molecule has 134 valence electrons. The second-order valence-electron chi connectivity index (χ2n) is 5.95. The van der Waals surface area contributed by atoms with Gasteiger partial charge in [-0.25, -0.2) is 4.79 Å². The number of nitrogens with zero attached hydrogens (tertiary/aromatic N) is 2. The number of likely N-dealkylation sites (tertiary alicyclic amines) is 1. The number of anilines is 1. The Morgan fingerprint density at radius 1 is 1.04 bits per heavy atom. The van der Waals surface area contributed by atoms with Crippen LogP contribution in [0.15, 0.2) is 42.6 Å². The molecule has 0 atom stereocenters. The third-order valence-electron chi connectivity index (χ3n) is 4.20. The van der Waals surface area contributed by atoms with Gasteiger partial charge in [-0.15, -0.1) is 0 Å². The van der Waals surface area contributed by atoms with E-state index in [1.807, 2.05) is 0 Å². The molecule has 1 saturated heterocycles. The van der Waals surface area contributed by atoms with Crippen molar-refractivity contribution in [3.05, 3.63) is 59.4 Å². The zero-order valence-corrected chi connectivity index (χ0v) is 14.4. The topological polar surface area (TPSA) is 88.6 Å². The number of hydrogen-bond donors (Lipinski definition) is 1. The number of hydrogen-bond acceptors (Lipinski definition) is 5. The molecule has 0 saturated carbocycles. The van der Waals surface area contributed by atoms with E-state index in [1.165, 1.54) is 19.4 Å². The lowest BCUT2D eigenvalue weighted by Gasteiger charge is -2.14. The van der Waals surface area contributed by atoms with Gasteiger partial charge >= 0.3 is 5.97 Å². The standard InChI is InChI=1S/C19H19N3O4/c1-26-19(25)13-4-6-15(7-5-13)21-17(23)14-8-9-20-16(12-14)18(24)22-10-2-3-11-22/h4-9,12H,2-3,10-11H2,1H3,(H,21,23). The molecule has 2 heterocycles. The summed E-state index contributed by atoms with van der Waals surface area (Å²) in [5, 5.41) is 2.73. The molecule has 1 aliphatic rings. The predicted molar refractivity (Wildman–Crippen MR) is 95.1 cm³/mol. The third-order valence-corrected chi connectivity index (χ3v) is 4.20. The van der Waals surface area contributed by atoms with Crippen LogP contribution in [-0.2, 0) is 4.74 Å². The predicted octanol–water partition coefficient (Wildman–Crippen LogP) is 2.36. The van der Waals surface area contributed by atoms with E-state index in [4.69, 9.17) is 0 Å². The highest BCUT2D eigenvalue weighted by Crippen LogP contribution is 2.15. The van der Waals surface area contributed by atoms with Crippen molar-refractivity contribution in [3.63, 3.8) is 0 Å². The summed E-state index contributed by atoms with van der Waals surface area (Å²) in [7, 11) is 1.31. The van der Waals surface area contributed by atoms with Gasteiger partial charge in [-0.05, 0) is 49.2 Å². The molecule has 1 aromatic carbocycles. The van der Waals surface area contributed by atoms with Crippen molar-refractivity contribution < 1.29 is 19.1 Å². The first-order valence-electron chi connectivity index (χ1n) is 8.33. The van der Waals surface area contributed by atoms with Crippen molar-refractivity contribution in [2.75, 3.05) is 25.5 Å². The molecule has 3 rings (SSSR count). The molecule has 0 spiro atoms. The molecule has 1 N–H and O–H groups in total. The van der Waals surface area contributed by atoms with Gasteiger partial charge in [-0.2, -0.15) is 0 Å². The van der Waals surface area contributed by atoms with Crippen LogP contribution >= 0.6 is 0 Å². The Balaban J connectivity index is 1.70. The Bertz CT molecular complexity index is 827. The molecule has 2 amide bonds. The second-order valence-corrected chi connectivity index (χ2v) is 5.95. The highest BCUT2D eigenvalue weighted by atomic mass is 16.5. The van der Waals surface area contributed by atoms with Gasteiger partial charge in [0.1, 0.15) is 5.69 Å². The van der Waals surface area contributed by atoms with Crippen molar-refractivity contribution in [1.82, 2.24) is 9.88 Å². The van der Waals surface area contributed by atoms with Gasteiger partial charge < -0.3 is 15.0 Å². The van der Waals surface area contributed by atoms with Crippen LogP contribution < -0.4 is 5.32 Å². The Hall–Kier alpha value is -3.22. The highest BCUT2D eigenvalue weighted by molar-refractivity contribution is 6.05. The van der Waals surface area contributed by atoms with Crippen molar-refractivity contribution >= 4 is 23.5 Å². The summed E-state index contributed by atoms with van der Waals surface area (Å²) in [6.45, 7) is 1.45. The number of ether oxygens (including phenoxy) is 1. The lowest BCUT2D eigenvalue weighted by atomic mass is 10.1. The van der Waals surface area contributed by atoms with E-state index in [1.54, 1.807) is 35.2 Å². The van der Waals surface area contributed by atoms with Crippen LogP contribution in [-0.4, -0.2) is 47.9 Å². The molecule has 2 aromatic rings. The number of benzene rings is 1. The summed E-state index contributed by atoms with van der Waals surface area (Å²) in [4.78, 5) is 42.1. The van der Waals surface area contributed by atoms with Crippen LogP contribution in [0.3, 0.4) is 0 Å². The molecule has 1 aliphatic heterocycles. The molecular weight excluding hydrogens is 334 g/mol. The van der Waals surface area contributed by atoms with Crippen LogP contribution in [0, 0.1) is 0 Å². The van der Waals surface area contributed by atoms with Crippen molar-refractivity contribution in [1.29, 1.82) is 0 Å². The number of nitrogens with one attached hydrogen (secondary N) is 1. The number of rotatable bonds is 4. The van der Waals surface area contributed by atoms with E-state index in [0.29, 0.717) is 16.8 Å². The van der Waals surface area contributed by atoms with Gasteiger partial charge in [0.2, 0.25) is 0 Å². The summed E-state index contributed by atoms with van der Waals surface area (Å²) in [6.07, 6.45) is 3.44. The lowest BCUT2D eigenvalue weighted by Crippen LogP contribution is -2.28. The fraction of sp³-hybridized carbons (Fsp3) is 0.263.